The maximum absolute atomic E-state index is 14.1. The molecule has 1 heterocycles. The van der Waals surface area contributed by atoms with E-state index in [1.807, 2.05) is 0 Å². The van der Waals surface area contributed by atoms with Crippen molar-refractivity contribution in [1.82, 2.24) is 0 Å². The van der Waals surface area contributed by atoms with Crippen LogP contribution in [0.25, 0.3) is 6.08 Å². The molecule has 4 aromatic carbocycles. The molecule has 6 nitrogen and oxygen atoms in total. The van der Waals surface area contributed by atoms with Gasteiger partial charge in [0.2, 0.25) is 0 Å². The summed E-state index contributed by atoms with van der Waals surface area (Å²) >= 11 is 0. The molecule has 4 aromatic rings. The van der Waals surface area contributed by atoms with Crippen LogP contribution in [0.4, 0.5) is 20.6 Å². The molecule has 0 saturated carbocycles. The van der Waals surface area contributed by atoms with Gasteiger partial charge in [0.25, 0.3) is 11.8 Å². The average Bonchev–Trinajstić information content (AvgIpc) is 2.92. The Labute approximate surface area is 212 Å². The second-order valence-electron chi connectivity index (χ2n) is 8.21. The molecule has 0 atom stereocenters. The lowest BCUT2D eigenvalue weighted by molar-refractivity contribution is -0.121. The van der Waals surface area contributed by atoms with E-state index in [4.69, 9.17) is 4.74 Å². The highest BCUT2D eigenvalue weighted by Gasteiger charge is 2.43. The lowest BCUT2D eigenvalue weighted by Gasteiger charge is -2.34. The second-order valence-corrected chi connectivity index (χ2v) is 8.21. The van der Waals surface area contributed by atoms with Gasteiger partial charge in [0.1, 0.15) is 23.7 Å². The summed E-state index contributed by atoms with van der Waals surface area (Å²) in [5.41, 5.74) is 1.26. The fourth-order valence-corrected chi connectivity index (χ4v) is 4.00. The van der Waals surface area contributed by atoms with E-state index in [2.05, 4.69) is 0 Å². The summed E-state index contributed by atoms with van der Waals surface area (Å²) in [6.45, 7) is -0.0421. The first-order valence-electron chi connectivity index (χ1n) is 11.5. The van der Waals surface area contributed by atoms with Crippen molar-refractivity contribution in [1.29, 1.82) is 0 Å². The Morgan fingerprint density at radius 1 is 0.649 bits per heavy atom. The number of barbiturate groups is 1. The van der Waals surface area contributed by atoms with E-state index in [9.17, 15) is 18.8 Å². The number of benzene rings is 4. The van der Waals surface area contributed by atoms with Gasteiger partial charge in [0, 0.05) is 11.1 Å². The predicted molar refractivity (Wildman–Crippen MR) is 138 cm³/mol. The molecule has 1 aliphatic heterocycles. The first-order valence-corrected chi connectivity index (χ1v) is 11.5. The Morgan fingerprint density at radius 3 is 1.76 bits per heavy atom. The van der Waals surface area contributed by atoms with Crippen molar-refractivity contribution in [3.8, 4) is 5.75 Å². The third-order valence-electron chi connectivity index (χ3n) is 5.84. The molecule has 37 heavy (non-hydrogen) atoms. The minimum absolute atomic E-state index is 0.0421. The summed E-state index contributed by atoms with van der Waals surface area (Å²) in [6, 6.07) is 29.1. The number of para-hydroxylation sites is 3. The summed E-state index contributed by atoms with van der Waals surface area (Å²) in [4.78, 5) is 42.5. The van der Waals surface area contributed by atoms with Crippen LogP contribution in [0.3, 0.4) is 0 Å². The van der Waals surface area contributed by atoms with E-state index in [1.54, 1.807) is 103 Å². The molecule has 1 saturated heterocycles. The van der Waals surface area contributed by atoms with Gasteiger partial charge < -0.3 is 4.74 Å². The second kappa shape index (κ2) is 10.3. The van der Waals surface area contributed by atoms with E-state index in [1.165, 1.54) is 12.1 Å². The highest BCUT2D eigenvalue weighted by Crippen LogP contribution is 2.31. The summed E-state index contributed by atoms with van der Waals surface area (Å²) in [5, 5.41) is 0. The van der Waals surface area contributed by atoms with Crippen LogP contribution in [-0.2, 0) is 16.2 Å². The number of ether oxygens (including phenoxy) is 1. The van der Waals surface area contributed by atoms with Crippen molar-refractivity contribution in [3.63, 3.8) is 0 Å². The van der Waals surface area contributed by atoms with Gasteiger partial charge >= 0.3 is 6.03 Å². The van der Waals surface area contributed by atoms with Crippen LogP contribution in [0.5, 0.6) is 5.75 Å². The Hall–Kier alpha value is -5.04. The van der Waals surface area contributed by atoms with Crippen LogP contribution in [-0.4, -0.2) is 17.8 Å². The summed E-state index contributed by atoms with van der Waals surface area (Å²) in [7, 11) is 0. The minimum atomic E-state index is -0.770. The topological polar surface area (TPSA) is 66.9 Å². The first kappa shape index (κ1) is 23.7. The van der Waals surface area contributed by atoms with E-state index in [0.29, 0.717) is 28.3 Å². The van der Waals surface area contributed by atoms with Crippen molar-refractivity contribution in [2.75, 3.05) is 9.80 Å². The third kappa shape index (κ3) is 4.75. The fraction of sp³-hybridized carbons (Fsp3) is 0.0333. The number of carbonyl (C=O) groups excluding carboxylic acids is 3. The Morgan fingerprint density at radius 2 is 1.16 bits per heavy atom. The summed E-state index contributed by atoms with van der Waals surface area (Å²) in [5.74, 6) is -1.55. The molecule has 182 valence electrons. The monoisotopic (exact) mass is 492 g/mol. The normalized spacial score (nSPS) is 13.6. The maximum Gasteiger partial charge on any atom is 0.343 e. The highest BCUT2D eigenvalue weighted by atomic mass is 19.1. The summed E-state index contributed by atoms with van der Waals surface area (Å²) < 4.78 is 19.9. The Kier molecular flexibility index (Phi) is 6.59. The molecule has 0 unspecified atom stereocenters. The van der Waals surface area contributed by atoms with Gasteiger partial charge in [-0.3, -0.25) is 9.59 Å². The van der Waals surface area contributed by atoms with Crippen molar-refractivity contribution in [2.24, 2.45) is 0 Å². The number of carbonyl (C=O) groups is 3. The molecule has 0 aliphatic carbocycles. The van der Waals surface area contributed by atoms with Gasteiger partial charge in [0.15, 0.2) is 0 Å². The number of anilines is 2. The lowest BCUT2D eigenvalue weighted by atomic mass is 10.0. The lowest BCUT2D eigenvalue weighted by Crippen LogP contribution is -2.57. The number of amides is 4. The smallest absolute Gasteiger partial charge is 0.343 e. The fourth-order valence-electron chi connectivity index (χ4n) is 4.00. The minimum Gasteiger partial charge on any atom is -0.488 e. The molecule has 0 spiro atoms. The summed E-state index contributed by atoms with van der Waals surface area (Å²) in [6.07, 6.45) is 1.40. The van der Waals surface area contributed by atoms with Crippen LogP contribution in [0, 0.1) is 5.82 Å². The average molecular weight is 493 g/mol. The van der Waals surface area contributed by atoms with E-state index in [-0.39, 0.29) is 12.2 Å². The Balaban J connectivity index is 1.56. The molecule has 1 fully saturated rings. The van der Waals surface area contributed by atoms with Crippen LogP contribution in [0.15, 0.2) is 115 Å². The van der Waals surface area contributed by atoms with Crippen molar-refractivity contribution in [2.45, 2.75) is 6.61 Å². The van der Waals surface area contributed by atoms with E-state index >= 15 is 0 Å². The first-order chi connectivity index (χ1) is 18.0. The molecule has 0 aromatic heterocycles. The van der Waals surface area contributed by atoms with E-state index in [0.717, 1.165) is 9.80 Å². The number of hydrogen-bond acceptors (Lipinski definition) is 4. The largest absolute Gasteiger partial charge is 0.488 e. The van der Waals surface area contributed by atoms with E-state index < -0.39 is 23.7 Å². The van der Waals surface area contributed by atoms with Gasteiger partial charge in [-0.15, -0.1) is 0 Å². The van der Waals surface area contributed by atoms with Gasteiger partial charge in [-0.25, -0.2) is 19.0 Å². The van der Waals surface area contributed by atoms with Gasteiger partial charge in [-0.05, 0) is 42.5 Å². The van der Waals surface area contributed by atoms with Crippen LogP contribution in [0.2, 0.25) is 0 Å². The molecule has 0 bridgehead atoms. The Bertz CT molecular complexity index is 1440. The van der Waals surface area contributed by atoms with Crippen molar-refractivity contribution in [3.05, 3.63) is 132 Å². The molecule has 0 radical (unpaired) electrons. The molecule has 5 rings (SSSR count). The van der Waals surface area contributed by atoms with Crippen molar-refractivity contribution < 1.29 is 23.5 Å². The van der Waals surface area contributed by atoms with Crippen LogP contribution < -0.4 is 14.5 Å². The molecule has 4 amide bonds. The predicted octanol–water partition coefficient (Wildman–Crippen LogP) is 5.99. The molecular formula is C30H21FN2O4. The number of urea groups is 1. The number of imide groups is 2. The zero-order valence-electron chi connectivity index (χ0n) is 19.6. The van der Waals surface area contributed by atoms with Gasteiger partial charge in [0.05, 0.1) is 11.4 Å². The SMILES string of the molecule is O=C1C(=Cc2ccccc2OCc2ccccc2F)C(=O)N(c2ccccc2)C(=O)N1c1ccccc1. The van der Waals surface area contributed by atoms with Crippen molar-refractivity contribution >= 4 is 35.3 Å². The van der Waals surface area contributed by atoms with Gasteiger partial charge in [-0.2, -0.15) is 0 Å². The van der Waals surface area contributed by atoms with Crippen LogP contribution in [0.1, 0.15) is 11.1 Å². The third-order valence-corrected chi connectivity index (χ3v) is 5.84. The zero-order valence-corrected chi connectivity index (χ0v) is 19.6. The molecule has 7 heteroatoms. The highest BCUT2D eigenvalue weighted by molar-refractivity contribution is 6.46. The number of rotatable bonds is 6. The van der Waals surface area contributed by atoms with Gasteiger partial charge in [-0.1, -0.05) is 72.8 Å². The number of nitrogens with zero attached hydrogens (tertiary/aromatic N) is 2. The number of hydrogen-bond donors (Lipinski definition) is 0. The van der Waals surface area contributed by atoms with Crippen LogP contribution >= 0.6 is 0 Å². The maximum atomic E-state index is 14.1. The molecule has 1 aliphatic rings. The molecular weight excluding hydrogens is 471 g/mol. The standard InChI is InChI=1S/C30H21FN2O4/c31-26-17-9-7-12-22(26)20-37-27-18-10-8-11-21(27)19-25-28(34)32(23-13-3-1-4-14-23)30(36)33(29(25)35)24-15-5-2-6-16-24/h1-19H,20H2. The number of halogens is 1. The quantitative estimate of drug-likeness (QED) is 0.245. The molecule has 0 N–H and O–H groups in total. The zero-order chi connectivity index (χ0) is 25.8.